The topological polar surface area (TPSA) is 97.1 Å². The van der Waals surface area contributed by atoms with E-state index in [1.165, 1.54) is 6.20 Å². The molecule has 0 aliphatic rings. The lowest BCUT2D eigenvalue weighted by Crippen LogP contribution is -2.41. The van der Waals surface area contributed by atoms with Gasteiger partial charge in [0.05, 0.1) is 12.7 Å². The van der Waals surface area contributed by atoms with Crippen molar-refractivity contribution in [2.45, 2.75) is 32.9 Å². The van der Waals surface area contributed by atoms with E-state index >= 15 is 0 Å². The van der Waals surface area contributed by atoms with Crippen LogP contribution in [0.1, 0.15) is 36.3 Å². The molecule has 7 heteroatoms. The van der Waals surface area contributed by atoms with Crippen molar-refractivity contribution in [2.75, 3.05) is 0 Å². The van der Waals surface area contributed by atoms with Crippen LogP contribution in [0.5, 0.6) is 0 Å². The first-order valence-electron chi connectivity index (χ1n) is 7.43. The zero-order chi connectivity index (χ0) is 16.8. The number of aromatic nitrogens is 3. The van der Waals surface area contributed by atoms with Crippen LogP contribution in [0, 0.1) is 5.92 Å². The van der Waals surface area contributed by atoms with Gasteiger partial charge in [0.25, 0.3) is 5.91 Å². The minimum absolute atomic E-state index is 0.107. The van der Waals surface area contributed by atoms with Gasteiger partial charge in [0.1, 0.15) is 6.04 Å². The SMILES string of the molecule is CC(C)C[C@H](NC(=O)c1cn(Cc2ccccc2)nn1)C(=O)O. The lowest BCUT2D eigenvalue weighted by atomic mass is 10.0. The Balaban J connectivity index is 2.01. The number of carbonyl (C=O) groups is 2. The summed E-state index contributed by atoms with van der Waals surface area (Å²) in [5, 5.41) is 19.4. The molecule has 2 aromatic rings. The summed E-state index contributed by atoms with van der Waals surface area (Å²) in [5.74, 6) is -1.42. The van der Waals surface area contributed by atoms with Crippen LogP contribution < -0.4 is 5.32 Å². The molecule has 0 radical (unpaired) electrons. The van der Waals surface area contributed by atoms with Crippen LogP contribution in [0.25, 0.3) is 0 Å². The molecule has 0 saturated carbocycles. The summed E-state index contributed by atoms with van der Waals surface area (Å²) in [6.45, 7) is 4.30. The smallest absolute Gasteiger partial charge is 0.326 e. The van der Waals surface area contributed by atoms with Crippen LogP contribution in [-0.2, 0) is 11.3 Å². The average molecular weight is 316 g/mol. The summed E-state index contributed by atoms with van der Waals surface area (Å²) in [4.78, 5) is 23.3. The minimum atomic E-state index is -1.05. The van der Waals surface area contributed by atoms with Gasteiger partial charge in [0.2, 0.25) is 0 Å². The van der Waals surface area contributed by atoms with Crippen molar-refractivity contribution in [3.05, 3.63) is 47.8 Å². The molecule has 0 saturated heterocycles. The first-order valence-corrected chi connectivity index (χ1v) is 7.43. The Kier molecular flexibility index (Phi) is 5.46. The van der Waals surface area contributed by atoms with Gasteiger partial charge in [-0.3, -0.25) is 4.79 Å². The number of hydrogen-bond acceptors (Lipinski definition) is 4. The largest absolute Gasteiger partial charge is 0.480 e. The van der Waals surface area contributed by atoms with Crippen LogP contribution in [0.15, 0.2) is 36.5 Å². The first-order chi connectivity index (χ1) is 11.0. The molecule has 0 fully saturated rings. The highest BCUT2D eigenvalue weighted by Gasteiger charge is 2.23. The fraction of sp³-hybridized carbons (Fsp3) is 0.375. The first kappa shape index (κ1) is 16.7. The second-order valence-corrected chi connectivity index (χ2v) is 5.78. The predicted octanol–water partition coefficient (Wildman–Crippen LogP) is 1.56. The third kappa shape index (κ3) is 4.91. The van der Waals surface area contributed by atoms with Crippen LogP contribution >= 0.6 is 0 Å². The van der Waals surface area contributed by atoms with Gasteiger partial charge in [0.15, 0.2) is 5.69 Å². The average Bonchev–Trinajstić information content (AvgIpc) is 2.95. The molecule has 1 aromatic heterocycles. The zero-order valence-corrected chi connectivity index (χ0v) is 13.1. The van der Waals surface area contributed by atoms with Crippen molar-refractivity contribution < 1.29 is 14.7 Å². The molecule has 1 atom stereocenters. The number of carboxylic acid groups (broad SMARTS) is 1. The number of amides is 1. The van der Waals surface area contributed by atoms with Gasteiger partial charge < -0.3 is 10.4 Å². The summed E-state index contributed by atoms with van der Waals surface area (Å²) in [6.07, 6.45) is 1.87. The maximum atomic E-state index is 12.1. The molecule has 1 amide bonds. The molecule has 0 aliphatic heterocycles. The minimum Gasteiger partial charge on any atom is -0.480 e. The van der Waals surface area contributed by atoms with Crippen molar-refractivity contribution in [1.82, 2.24) is 20.3 Å². The van der Waals surface area contributed by atoms with Crippen molar-refractivity contribution in [1.29, 1.82) is 0 Å². The Hall–Kier alpha value is -2.70. The second kappa shape index (κ2) is 7.53. The van der Waals surface area contributed by atoms with Crippen LogP contribution in [0.4, 0.5) is 0 Å². The summed E-state index contributed by atoms with van der Waals surface area (Å²) in [7, 11) is 0. The van der Waals surface area contributed by atoms with Crippen molar-refractivity contribution >= 4 is 11.9 Å². The molecule has 2 N–H and O–H groups in total. The maximum absolute atomic E-state index is 12.1. The third-order valence-corrected chi connectivity index (χ3v) is 3.27. The monoisotopic (exact) mass is 316 g/mol. The lowest BCUT2D eigenvalue weighted by Gasteiger charge is -2.15. The highest BCUT2D eigenvalue weighted by molar-refractivity contribution is 5.94. The number of carboxylic acids is 1. The molecule has 0 aliphatic carbocycles. The number of hydrogen-bond donors (Lipinski definition) is 2. The van der Waals surface area contributed by atoms with E-state index in [1.807, 2.05) is 44.2 Å². The van der Waals surface area contributed by atoms with Crippen molar-refractivity contribution in [3.63, 3.8) is 0 Å². The molecular formula is C16H20N4O3. The second-order valence-electron chi connectivity index (χ2n) is 5.78. The van der Waals surface area contributed by atoms with Gasteiger partial charge in [-0.2, -0.15) is 0 Å². The molecular weight excluding hydrogens is 296 g/mol. The highest BCUT2D eigenvalue weighted by atomic mass is 16.4. The Morgan fingerprint density at radius 1 is 1.26 bits per heavy atom. The van der Waals surface area contributed by atoms with Crippen LogP contribution in [0.3, 0.4) is 0 Å². The highest BCUT2D eigenvalue weighted by Crippen LogP contribution is 2.07. The number of benzene rings is 1. The molecule has 1 aromatic carbocycles. The van der Waals surface area contributed by atoms with Gasteiger partial charge in [-0.15, -0.1) is 5.10 Å². The third-order valence-electron chi connectivity index (χ3n) is 3.27. The fourth-order valence-corrected chi connectivity index (χ4v) is 2.18. The fourth-order valence-electron chi connectivity index (χ4n) is 2.18. The summed E-state index contributed by atoms with van der Waals surface area (Å²) in [5.41, 5.74) is 1.14. The van der Waals surface area contributed by atoms with Crippen molar-refractivity contribution in [2.24, 2.45) is 5.92 Å². The summed E-state index contributed by atoms with van der Waals surface area (Å²) >= 11 is 0. The molecule has 0 unspecified atom stereocenters. The number of rotatable bonds is 7. The zero-order valence-electron chi connectivity index (χ0n) is 13.1. The van der Waals surface area contributed by atoms with Gasteiger partial charge in [0, 0.05) is 0 Å². The van der Waals surface area contributed by atoms with E-state index in [0.29, 0.717) is 13.0 Å². The Labute approximate surface area is 134 Å². The van der Waals surface area contributed by atoms with E-state index in [4.69, 9.17) is 5.11 Å². The molecule has 0 bridgehead atoms. The molecule has 7 nitrogen and oxygen atoms in total. The van der Waals surface area contributed by atoms with Gasteiger partial charge >= 0.3 is 5.97 Å². The molecule has 122 valence electrons. The van der Waals surface area contributed by atoms with Gasteiger partial charge in [-0.05, 0) is 17.9 Å². The maximum Gasteiger partial charge on any atom is 0.326 e. The van der Waals surface area contributed by atoms with Crippen molar-refractivity contribution in [3.8, 4) is 0 Å². The molecule has 2 rings (SSSR count). The Morgan fingerprint density at radius 2 is 1.96 bits per heavy atom. The summed E-state index contributed by atoms with van der Waals surface area (Å²) in [6, 6.07) is 8.73. The van der Waals surface area contributed by atoms with Crippen LogP contribution in [-0.4, -0.2) is 38.0 Å². The van der Waals surface area contributed by atoms with Crippen LogP contribution in [0.2, 0.25) is 0 Å². The van der Waals surface area contributed by atoms with Gasteiger partial charge in [-0.1, -0.05) is 49.4 Å². The number of nitrogens with one attached hydrogen (secondary N) is 1. The van der Waals surface area contributed by atoms with E-state index < -0.39 is 17.9 Å². The number of nitrogens with zero attached hydrogens (tertiary/aromatic N) is 3. The van der Waals surface area contributed by atoms with E-state index in [-0.39, 0.29) is 11.6 Å². The quantitative estimate of drug-likeness (QED) is 0.808. The van der Waals surface area contributed by atoms with E-state index in [9.17, 15) is 9.59 Å². The van der Waals surface area contributed by atoms with E-state index in [2.05, 4.69) is 15.6 Å². The Morgan fingerprint density at radius 3 is 2.57 bits per heavy atom. The molecule has 1 heterocycles. The number of aliphatic carboxylic acids is 1. The molecule has 0 spiro atoms. The lowest BCUT2D eigenvalue weighted by molar-refractivity contribution is -0.139. The predicted molar refractivity (Wildman–Crippen MR) is 83.9 cm³/mol. The normalized spacial score (nSPS) is 12.1. The molecule has 23 heavy (non-hydrogen) atoms. The van der Waals surface area contributed by atoms with Gasteiger partial charge in [-0.25, -0.2) is 9.48 Å². The summed E-state index contributed by atoms with van der Waals surface area (Å²) < 4.78 is 1.54. The van der Waals surface area contributed by atoms with E-state index in [1.54, 1.807) is 4.68 Å². The standard InChI is InChI=1S/C16H20N4O3/c1-11(2)8-13(16(22)23)17-15(21)14-10-20(19-18-14)9-12-6-4-3-5-7-12/h3-7,10-11,13H,8-9H2,1-2H3,(H,17,21)(H,22,23)/t13-/m0/s1. The van der Waals surface area contributed by atoms with E-state index in [0.717, 1.165) is 5.56 Å². The number of carbonyl (C=O) groups excluding carboxylic acids is 1. The Bertz CT molecular complexity index is 667.